The fourth-order valence-electron chi connectivity index (χ4n) is 2.21. The van der Waals surface area contributed by atoms with Crippen molar-refractivity contribution in [2.45, 2.75) is 0 Å². The molecular formula is C19H14BrClN2O4S. The van der Waals surface area contributed by atoms with Gasteiger partial charge in [0, 0.05) is 15.1 Å². The molecule has 1 saturated heterocycles. The van der Waals surface area contributed by atoms with Crippen molar-refractivity contribution in [3.05, 3.63) is 62.4 Å². The van der Waals surface area contributed by atoms with Crippen molar-refractivity contribution >= 4 is 68.1 Å². The summed E-state index contributed by atoms with van der Waals surface area (Å²) < 4.78 is 10.9. The van der Waals surface area contributed by atoms with Gasteiger partial charge in [-0.25, -0.2) is 9.79 Å². The number of amides is 1. The third-order valence-corrected chi connectivity index (χ3v) is 5.19. The number of carbonyl (C=O) groups is 2. The van der Waals surface area contributed by atoms with E-state index in [9.17, 15) is 9.59 Å². The van der Waals surface area contributed by atoms with Crippen LogP contribution in [0.15, 0.2) is 56.8 Å². The monoisotopic (exact) mass is 480 g/mol. The minimum absolute atomic E-state index is 0.225. The number of rotatable bonds is 5. The Morgan fingerprint density at radius 2 is 2.04 bits per heavy atom. The summed E-state index contributed by atoms with van der Waals surface area (Å²) in [6.45, 7) is -0.225. The molecule has 28 heavy (non-hydrogen) atoms. The SMILES string of the molecule is COC(=O)COc1ccc(Br)cc1/C=C1/SC(=Nc2ccc(Cl)cc2)NC1=O. The number of nitrogens with one attached hydrogen (secondary N) is 1. The maximum Gasteiger partial charge on any atom is 0.343 e. The average Bonchev–Trinajstić information content (AvgIpc) is 3.01. The van der Waals surface area contributed by atoms with Gasteiger partial charge in [-0.15, -0.1) is 0 Å². The first-order chi connectivity index (χ1) is 13.4. The van der Waals surface area contributed by atoms with Crippen molar-refractivity contribution in [2.75, 3.05) is 13.7 Å². The third-order valence-electron chi connectivity index (χ3n) is 3.54. The van der Waals surface area contributed by atoms with Gasteiger partial charge >= 0.3 is 5.97 Å². The second-order valence-corrected chi connectivity index (χ2v) is 7.89. The van der Waals surface area contributed by atoms with E-state index < -0.39 is 5.97 Å². The molecule has 1 N–H and O–H groups in total. The number of halogens is 2. The molecule has 2 aromatic carbocycles. The lowest BCUT2D eigenvalue weighted by Crippen LogP contribution is -2.19. The fourth-order valence-corrected chi connectivity index (χ4v) is 3.55. The van der Waals surface area contributed by atoms with Gasteiger partial charge in [-0.1, -0.05) is 27.5 Å². The minimum atomic E-state index is -0.494. The van der Waals surface area contributed by atoms with Crippen molar-refractivity contribution in [3.8, 4) is 5.75 Å². The topological polar surface area (TPSA) is 77.0 Å². The number of thioether (sulfide) groups is 1. The molecule has 144 valence electrons. The van der Waals surface area contributed by atoms with E-state index >= 15 is 0 Å². The zero-order valence-electron chi connectivity index (χ0n) is 14.6. The second kappa shape index (κ2) is 9.27. The number of carbonyl (C=O) groups excluding carboxylic acids is 2. The molecule has 0 unspecified atom stereocenters. The van der Waals surface area contributed by atoms with Gasteiger partial charge in [0.2, 0.25) is 0 Å². The Balaban J connectivity index is 1.83. The molecule has 6 nitrogen and oxygen atoms in total. The molecular weight excluding hydrogens is 468 g/mol. The van der Waals surface area contributed by atoms with E-state index in [1.807, 2.05) is 0 Å². The van der Waals surface area contributed by atoms with Gasteiger partial charge in [-0.2, -0.15) is 0 Å². The van der Waals surface area contributed by atoms with E-state index in [1.54, 1.807) is 48.5 Å². The lowest BCUT2D eigenvalue weighted by Gasteiger charge is -2.09. The Hall–Kier alpha value is -2.29. The maximum absolute atomic E-state index is 12.3. The molecule has 2 aromatic rings. The highest BCUT2D eigenvalue weighted by Gasteiger charge is 2.24. The molecule has 0 atom stereocenters. The molecule has 1 aliphatic rings. The Kier molecular flexibility index (Phi) is 6.77. The summed E-state index contributed by atoms with van der Waals surface area (Å²) in [4.78, 5) is 28.5. The van der Waals surface area contributed by atoms with Gasteiger partial charge in [0.15, 0.2) is 11.8 Å². The maximum atomic E-state index is 12.3. The van der Waals surface area contributed by atoms with Gasteiger partial charge in [0.1, 0.15) is 5.75 Å². The lowest BCUT2D eigenvalue weighted by atomic mass is 10.2. The molecule has 0 aromatic heterocycles. The third kappa shape index (κ3) is 5.37. The Bertz CT molecular complexity index is 976. The number of benzene rings is 2. The summed E-state index contributed by atoms with van der Waals surface area (Å²) >= 11 is 10.5. The van der Waals surface area contributed by atoms with Crippen LogP contribution in [0.1, 0.15) is 5.56 Å². The summed E-state index contributed by atoms with van der Waals surface area (Å²) in [5, 5.41) is 3.80. The quantitative estimate of drug-likeness (QED) is 0.501. The first kappa shape index (κ1) is 20.4. The van der Waals surface area contributed by atoms with Crippen LogP contribution in [0.4, 0.5) is 5.69 Å². The van der Waals surface area contributed by atoms with Crippen LogP contribution in [-0.2, 0) is 14.3 Å². The van der Waals surface area contributed by atoms with E-state index in [-0.39, 0.29) is 12.5 Å². The van der Waals surface area contributed by atoms with Crippen LogP contribution in [-0.4, -0.2) is 30.8 Å². The summed E-state index contributed by atoms with van der Waals surface area (Å²) in [6.07, 6.45) is 1.68. The number of ether oxygens (including phenoxy) is 2. The number of aliphatic imine (C=N–C) groups is 1. The van der Waals surface area contributed by atoms with E-state index in [0.29, 0.717) is 32.1 Å². The first-order valence-electron chi connectivity index (χ1n) is 7.99. The molecule has 1 fully saturated rings. The van der Waals surface area contributed by atoms with Gasteiger partial charge in [0.05, 0.1) is 17.7 Å². The number of methoxy groups -OCH3 is 1. The molecule has 0 spiro atoms. The van der Waals surface area contributed by atoms with Crippen LogP contribution < -0.4 is 10.1 Å². The van der Waals surface area contributed by atoms with Gasteiger partial charge in [-0.05, 0) is 60.3 Å². The van der Waals surface area contributed by atoms with Crippen LogP contribution in [0.2, 0.25) is 5.02 Å². The van der Waals surface area contributed by atoms with Crippen molar-refractivity contribution in [1.29, 1.82) is 0 Å². The summed E-state index contributed by atoms with van der Waals surface area (Å²) in [5.74, 6) is -0.305. The predicted molar refractivity (Wildman–Crippen MR) is 114 cm³/mol. The Morgan fingerprint density at radius 1 is 1.29 bits per heavy atom. The highest BCUT2D eigenvalue weighted by Crippen LogP contribution is 2.32. The summed E-state index contributed by atoms with van der Waals surface area (Å²) in [5.41, 5.74) is 1.32. The molecule has 0 radical (unpaired) electrons. The Labute approximate surface area is 179 Å². The largest absolute Gasteiger partial charge is 0.481 e. The highest BCUT2D eigenvalue weighted by molar-refractivity contribution is 9.10. The van der Waals surface area contributed by atoms with E-state index in [2.05, 4.69) is 31.0 Å². The van der Waals surface area contributed by atoms with Crippen LogP contribution in [0, 0.1) is 0 Å². The summed E-state index contributed by atoms with van der Waals surface area (Å²) in [7, 11) is 1.29. The molecule has 1 heterocycles. The number of hydrogen-bond donors (Lipinski definition) is 1. The molecule has 0 aliphatic carbocycles. The normalized spacial score (nSPS) is 16.3. The average molecular weight is 482 g/mol. The zero-order chi connectivity index (χ0) is 20.1. The van der Waals surface area contributed by atoms with E-state index in [0.717, 1.165) is 4.47 Å². The molecule has 9 heteroatoms. The van der Waals surface area contributed by atoms with E-state index in [1.165, 1.54) is 18.9 Å². The second-order valence-electron chi connectivity index (χ2n) is 5.51. The number of esters is 1. The van der Waals surface area contributed by atoms with E-state index in [4.69, 9.17) is 16.3 Å². The van der Waals surface area contributed by atoms with Gasteiger partial charge in [0.25, 0.3) is 5.91 Å². The molecule has 1 amide bonds. The minimum Gasteiger partial charge on any atom is -0.481 e. The molecule has 0 bridgehead atoms. The van der Waals surface area contributed by atoms with Crippen LogP contribution >= 0.6 is 39.3 Å². The lowest BCUT2D eigenvalue weighted by molar-refractivity contribution is -0.142. The van der Waals surface area contributed by atoms with Crippen molar-refractivity contribution in [2.24, 2.45) is 4.99 Å². The predicted octanol–water partition coefficient (Wildman–Crippen LogP) is 4.55. The van der Waals surface area contributed by atoms with Gasteiger partial charge < -0.3 is 14.8 Å². The fraction of sp³-hybridized carbons (Fsp3) is 0.105. The number of nitrogens with zero attached hydrogens (tertiary/aromatic N) is 1. The molecule has 3 rings (SSSR count). The van der Waals surface area contributed by atoms with Crippen molar-refractivity contribution in [1.82, 2.24) is 5.32 Å². The van der Waals surface area contributed by atoms with Crippen LogP contribution in [0.5, 0.6) is 5.75 Å². The number of hydrogen-bond acceptors (Lipinski definition) is 6. The van der Waals surface area contributed by atoms with Crippen molar-refractivity contribution < 1.29 is 19.1 Å². The number of amidine groups is 1. The smallest absolute Gasteiger partial charge is 0.343 e. The van der Waals surface area contributed by atoms with Crippen LogP contribution in [0.3, 0.4) is 0 Å². The van der Waals surface area contributed by atoms with Crippen LogP contribution in [0.25, 0.3) is 6.08 Å². The highest BCUT2D eigenvalue weighted by atomic mass is 79.9. The van der Waals surface area contributed by atoms with Gasteiger partial charge in [-0.3, -0.25) is 4.79 Å². The zero-order valence-corrected chi connectivity index (χ0v) is 17.7. The molecule has 1 aliphatic heterocycles. The first-order valence-corrected chi connectivity index (χ1v) is 9.97. The molecule has 0 saturated carbocycles. The van der Waals surface area contributed by atoms with Crippen molar-refractivity contribution in [3.63, 3.8) is 0 Å². The Morgan fingerprint density at radius 3 is 2.75 bits per heavy atom. The standard InChI is InChI=1S/C19H14BrClN2O4S/c1-26-17(24)10-27-15-7-2-12(20)8-11(15)9-16-18(25)23-19(28-16)22-14-5-3-13(21)4-6-14/h2-9H,10H2,1H3,(H,22,23,25)/b16-9+. The summed E-state index contributed by atoms with van der Waals surface area (Å²) in [6, 6.07) is 12.3.